The van der Waals surface area contributed by atoms with Crippen molar-refractivity contribution in [1.82, 2.24) is 0 Å². The molecule has 14 heavy (non-hydrogen) atoms. The highest BCUT2D eigenvalue weighted by atomic mass is 16.5. The van der Waals surface area contributed by atoms with E-state index in [4.69, 9.17) is 4.74 Å². The Hall–Kier alpha value is -1.51. The van der Waals surface area contributed by atoms with Gasteiger partial charge in [-0.3, -0.25) is 4.79 Å². The van der Waals surface area contributed by atoms with E-state index in [1.54, 1.807) is 14.0 Å². The molecule has 0 saturated carbocycles. The second kappa shape index (κ2) is 3.33. The number of ether oxygens (including phenoxy) is 1. The molecule has 1 atom stereocenters. The molecule has 1 aliphatic rings. The number of hydrogen-bond acceptors (Lipinski definition) is 3. The first-order valence-electron chi connectivity index (χ1n) is 4.63. The maximum atomic E-state index is 11.0. The SMILES string of the molecule is COc1ccc(N2CC2C(C)=O)cc1. The van der Waals surface area contributed by atoms with Crippen LogP contribution in [0.4, 0.5) is 5.69 Å². The molecule has 1 aliphatic heterocycles. The zero-order valence-electron chi connectivity index (χ0n) is 8.36. The lowest BCUT2D eigenvalue weighted by molar-refractivity contribution is -0.116. The van der Waals surface area contributed by atoms with Crippen LogP contribution in [-0.4, -0.2) is 25.5 Å². The van der Waals surface area contributed by atoms with E-state index < -0.39 is 0 Å². The van der Waals surface area contributed by atoms with Crippen LogP contribution in [0.25, 0.3) is 0 Å². The number of methoxy groups -OCH3 is 1. The summed E-state index contributed by atoms with van der Waals surface area (Å²) in [7, 11) is 1.64. The Bertz CT molecular complexity index is 345. The fourth-order valence-corrected chi connectivity index (χ4v) is 1.55. The van der Waals surface area contributed by atoms with Gasteiger partial charge in [0.25, 0.3) is 0 Å². The first kappa shape index (κ1) is 9.06. The van der Waals surface area contributed by atoms with E-state index in [-0.39, 0.29) is 11.8 Å². The van der Waals surface area contributed by atoms with Crippen LogP contribution >= 0.6 is 0 Å². The third-order valence-electron chi connectivity index (χ3n) is 2.49. The van der Waals surface area contributed by atoms with Crippen molar-refractivity contribution in [3.05, 3.63) is 24.3 Å². The minimum Gasteiger partial charge on any atom is -0.497 e. The summed E-state index contributed by atoms with van der Waals surface area (Å²) in [5.41, 5.74) is 1.09. The van der Waals surface area contributed by atoms with Crippen molar-refractivity contribution in [1.29, 1.82) is 0 Å². The highest BCUT2D eigenvalue weighted by Gasteiger charge is 2.37. The van der Waals surface area contributed by atoms with Gasteiger partial charge in [0.05, 0.1) is 7.11 Å². The predicted molar refractivity (Wildman–Crippen MR) is 54.8 cm³/mol. The number of Topliss-reactive ketones (excluding diaryl/α,β-unsaturated/α-hetero) is 1. The number of hydrogen-bond donors (Lipinski definition) is 0. The van der Waals surface area contributed by atoms with Crippen molar-refractivity contribution in [3.8, 4) is 5.75 Å². The largest absolute Gasteiger partial charge is 0.497 e. The molecule has 0 N–H and O–H groups in total. The smallest absolute Gasteiger partial charge is 0.153 e. The molecule has 0 aliphatic carbocycles. The van der Waals surface area contributed by atoms with Crippen molar-refractivity contribution in [2.45, 2.75) is 13.0 Å². The van der Waals surface area contributed by atoms with Gasteiger partial charge >= 0.3 is 0 Å². The Morgan fingerprint density at radius 1 is 1.43 bits per heavy atom. The molecule has 74 valence electrons. The summed E-state index contributed by atoms with van der Waals surface area (Å²) in [6.45, 7) is 2.48. The highest BCUT2D eigenvalue weighted by Crippen LogP contribution is 2.29. The van der Waals surface area contributed by atoms with Gasteiger partial charge in [-0.15, -0.1) is 0 Å². The lowest BCUT2D eigenvalue weighted by Crippen LogP contribution is -2.07. The van der Waals surface area contributed by atoms with Gasteiger partial charge in [0.15, 0.2) is 5.78 Å². The molecule has 3 heteroatoms. The van der Waals surface area contributed by atoms with Gasteiger partial charge in [-0.1, -0.05) is 0 Å². The number of rotatable bonds is 3. The zero-order valence-corrected chi connectivity index (χ0v) is 8.36. The summed E-state index contributed by atoms with van der Waals surface area (Å²) >= 11 is 0. The maximum absolute atomic E-state index is 11.0. The van der Waals surface area contributed by atoms with Gasteiger partial charge in [0, 0.05) is 12.2 Å². The van der Waals surface area contributed by atoms with Gasteiger partial charge in [0.2, 0.25) is 0 Å². The Morgan fingerprint density at radius 2 is 2.07 bits per heavy atom. The Labute approximate surface area is 83.3 Å². The van der Waals surface area contributed by atoms with Crippen LogP contribution in [0.3, 0.4) is 0 Å². The molecule has 0 spiro atoms. The number of benzene rings is 1. The van der Waals surface area contributed by atoms with Gasteiger partial charge in [-0.25, -0.2) is 0 Å². The quantitative estimate of drug-likeness (QED) is 0.677. The molecule has 0 amide bonds. The van der Waals surface area contributed by atoms with Crippen molar-refractivity contribution in [2.24, 2.45) is 0 Å². The van der Waals surface area contributed by atoms with Crippen LogP contribution in [0.2, 0.25) is 0 Å². The average Bonchev–Trinajstić information content (AvgIpc) is 2.97. The van der Waals surface area contributed by atoms with Gasteiger partial charge in [-0.2, -0.15) is 0 Å². The Balaban J connectivity index is 2.08. The number of carbonyl (C=O) groups is 1. The van der Waals surface area contributed by atoms with E-state index in [9.17, 15) is 4.79 Å². The lowest BCUT2D eigenvalue weighted by Gasteiger charge is -2.05. The maximum Gasteiger partial charge on any atom is 0.153 e. The summed E-state index contributed by atoms with van der Waals surface area (Å²) < 4.78 is 5.06. The monoisotopic (exact) mass is 191 g/mol. The predicted octanol–water partition coefficient (Wildman–Crippen LogP) is 1.47. The summed E-state index contributed by atoms with van der Waals surface area (Å²) in [5.74, 6) is 1.08. The second-order valence-corrected chi connectivity index (χ2v) is 3.48. The topological polar surface area (TPSA) is 29.3 Å². The average molecular weight is 191 g/mol. The second-order valence-electron chi connectivity index (χ2n) is 3.48. The zero-order chi connectivity index (χ0) is 10.1. The molecule has 0 aromatic heterocycles. The summed E-state index contributed by atoms with van der Waals surface area (Å²) in [5, 5.41) is 0. The van der Waals surface area contributed by atoms with E-state index in [1.807, 2.05) is 24.3 Å². The van der Waals surface area contributed by atoms with E-state index in [0.29, 0.717) is 0 Å². The molecule has 1 fully saturated rings. The Kier molecular flexibility index (Phi) is 2.15. The molecule has 0 radical (unpaired) electrons. The van der Waals surface area contributed by atoms with E-state index in [1.165, 1.54) is 0 Å². The van der Waals surface area contributed by atoms with Gasteiger partial charge in [0.1, 0.15) is 11.8 Å². The molecule has 1 aromatic rings. The van der Waals surface area contributed by atoms with E-state index in [0.717, 1.165) is 18.0 Å². The highest BCUT2D eigenvalue weighted by molar-refractivity contribution is 5.90. The summed E-state index contributed by atoms with van der Waals surface area (Å²) in [6, 6.07) is 7.86. The van der Waals surface area contributed by atoms with Crippen molar-refractivity contribution in [3.63, 3.8) is 0 Å². The summed E-state index contributed by atoms with van der Waals surface area (Å²) in [4.78, 5) is 13.1. The molecule has 1 heterocycles. The first-order valence-corrected chi connectivity index (χ1v) is 4.63. The number of anilines is 1. The van der Waals surface area contributed by atoms with Crippen LogP contribution in [0.15, 0.2) is 24.3 Å². The molecule has 0 bridgehead atoms. The number of ketones is 1. The molecular formula is C11H13NO2. The third kappa shape index (κ3) is 1.58. The number of nitrogens with zero attached hydrogens (tertiary/aromatic N) is 1. The standard InChI is InChI=1S/C11H13NO2/c1-8(13)11-7-12(11)9-3-5-10(14-2)6-4-9/h3-6,11H,7H2,1-2H3. The normalized spacial score (nSPS) is 19.3. The van der Waals surface area contributed by atoms with E-state index in [2.05, 4.69) is 4.90 Å². The van der Waals surface area contributed by atoms with Crippen LogP contribution in [0, 0.1) is 0 Å². The molecule has 2 rings (SSSR count). The molecule has 1 unspecified atom stereocenters. The number of carbonyl (C=O) groups excluding carboxylic acids is 1. The third-order valence-corrected chi connectivity index (χ3v) is 2.49. The molecule has 1 saturated heterocycles. The van der Waals surface area contributed by atoms with Crippen molar-refractivity contribution in [2.75, 3.05) is 18.6 Å². The molecule has 1 aromatic carbocycles. The van der Waals surface area contributed by atoms with Crippen LogP contribution in [-0.2, 0) is 4.79 Å². The molecule has 3 nitrogen and oxygen atoms in total. The van der Waals surface area contributed by atoms with Crippen molar-refractivity contribution >= 4 is 11.5 Å². The Morgan fingerprint density at radius 3 is 2.50 bits per heavy atom. The molecular weight excluding hydrogens is 178 g/mol. The van der Waals surface area contributed by atoms with Crippen LogP contribution in [0.1, 0.15) is 6.92 Å². The van der Waals surface area contributed by atoms with Crippen molar-refractivity contribution < 1.29 is 9.53 Å². The minimum atomic E-state index is 0.100. The lowest BCUT2D eigenvalue weighted by atomic mass is 10.3. The van der Waals surface area contributed by atoms with Gasteiger partial charge in [-0.05, 0) is 31.2 Å². The fourth-order valence-electron chi connectivity index (χ4n) is 1.55. The van der Waals surface area contributed by atoms with Crippen LogP contribution in [0.5, 0.6) is 5.75 Å². The summed E-state index contributed by atoms with van der Waals surface area (Å²) in [6.07, 6.45) is 0. The fraction of sp³-hybridized carbons (Fsp3) is 0.364. The van der Waals surface area contributed by atoms with Gasteiger partial charge < -0.3 is 9.64 Å². The van der Waals surface area contributed by atoms with Crippen LogP contribution < -0.4 is 9.64 Å². The first-order chi connectivity index (χ1) is 6.72. The minimum absolute atomic E-state index is 0.100. The van der Waals surface area contributed by atoms with E-state index >= 15 is 0 Å².